The standard InChI is InChI=1S/C16H11BrClNO/c1-9-8-19-16-11(14(9)13(20)7-17)6-5-10-3-2-4-12(18)15(10)16/h2-6,8H,7H2,1H3. The molecule has 0 spiro atoms. The highest BCUT2D eigenvalue weighted by Gasteiger charge is 2.15. The van der Waals surface area contributed by atoms with Crippen LogP contribution in [0.1, 0.15) is 15.9 Å². The van der Waals surface area contributed by atoms with Gasteiger partial charge in [0.1, 0.15) is 0 Å². The van der Waals surface area contributed by atoms with Crippen molar-refractivity contribution in [1.82, 2.24) is 4.98 Å². The summed E-state index contributed by atoms with van der Waals surface area (Å²) in [4.78, 5) is 16.7. The number of carbonyl (C=O) groups excluding carboxylic acids is 1. The molecule has 0 aliphatic heterocycles. The molecule has 0 N–H and O–H groups in total. The number of carbonyl (C=O) groups is 1. The van der Waals surface area contributed by atoms with Crippen molar-refractivity contribution in [1.29, 1.82) is 0 Å². The first kappa shape index (κ1) is 13.5. The zero-order valence-corrected chi connectivity index (χ0v) is 13.1. The average molecular weight is 349 g/mol. The molecule has 4 heteroatoms. The Bertz CT molecular complexity index is 845. The van der Waals surface area contributed by atoms with Crippen LogP contribution in [0.15, 0.2) is 36.5 Å². The fourth-order valence-electron chi connectivity index (χ4n) is 2.53. The summed E-state index contributed by atoms with van der Waals surface area (Å²) in [5.41, 5.74) is 2.38. The maximum Gasteiger partial charge on any atom is 0.174 e. The molecule has 0 aliphatic carbocycles. The number of aryl methyl sites for hydroxylation is 1. The number of alkyl halides is 1. The lowest BCUT2D eigenvalue weighted by Gasteiger charge is -2.10. The van der Waals surface area contributed by atoms with E-state index in [1.807, 2.05) is 37.3 Å². The number of benzene rings is 2. The van der Waals surface area contributed by atoms with E-state index < -0.39 is 0 Å². The highest BCUT2D eigenvalue weighted by molar-refractivity contribution is 9.09. The predicted octanol–water partition coefficient (Wildman–Crippen LogP) is 4.93. The average Bonchev–Trinajstić information content (AvgIpc) is 2.46. The van der Waals surface area contributed by atoms with Gasteiger partial charge in [-0.1, -0.05) is 51.8 Å². The molecule has 1 aromatic heterocycles. The van der Waals surface area contributed by atoms with E-state index >= 15 is 0 Å². The van der Waals surface area contributed by atoms with E-state index in [2.05, 4.69) is 20.9 Å². The molecule has 0 saturated heterocycles. The predicted molar refractivity (Wildman–Crippen MR) is 87.1 cm³/mol. The largest absolute Gasteiger partial charge is 0.293 e. The third-order valence-corrected chi connectivity index (χ3v) is 4.24. The van der Waals surface area contributed by atoms with Gasteiger partial charge in [0, 0.05) is 22.5 Å². The van der Waals surface area contributed by atoms with Crippen molar-refractivity contribution in [2.75, 3.05) is 5.33 Å². The Morgan fingerprint density at radius 1 is 1.30 bits per heavy atom. The molecule has 0 amide bonds. The van der Waals surface area contributed by atoms with Crippen LogP contribution >= 0.6 is 27.5 Å². The zero-order chi connectivity index (χ0) is 14.3. The molecule has 0 aliphatic rings. The molecule has 0 radical (unpaired) electrons. The van der Waals surface area contributed by atoms with Crippen molar-refractivity contribution in [3.63, 3.8) is 0 Å². The fraction of sp³-hybridized carbons (Fsp3) is 0.125. The van der Waals surface area contributed by atoms with Crippen molar-refractivity contribution in [2.24, 2.45) is 0 Å². The summed E-state index contributed by atoms with van der Waals surface area (Å²) in [5.74, 6) is 0.0568. The normalized spacial score (nSPS) is 11.2. The molecule has 0 fully saturated rings. The highest BCUT2D eigenvalue weighted by atomic mass is 79.9. The van der Waals surface area contributed by atoms with E-state index in [1.165, 1.54) is 0 Å². The SMILES string of the molecule is Cc1cnc2c(ccc3cccc(Cl)c32)c1C(=O)CBr. The minimum Gasteiger partial charge on any atom is -0.293 e. The third-order valence-electron chi connectivity index (χ3n) is 3.42. The second-order valence-electron chi connectivity index (χ2n) is 4.67. The van der Waals surface area contributed by atoms with Crippen LogP contribution in [0.25, 0.3) is 21.7 Å². The summed E-state index contributed by atoms with van der Waals surface area (Å²) in [5, 5.41) is 3.73. The molecule has 0 atom stereocenters. The van der Waals surface area contributed by atoms with Crippen molar-refractivity contribution in [3.8, 4) is 0 Å². The number of rotatable bonds is 2. The van der Waals surface area contributed by atoms with Crippen LogP contribution in [0.5, 0.6) is 0 Å². The van der Waals surface area contributed by atoms with Gasteiger partial charge < -0.3 is 0 Å². The monoisotopic (exact) mass is 347 g/mol. The van der Waals surface area contributed by atoms with E-state index in [1.54, 1.807) is 6.20 Å². The van der Waals surface area contributed by atoms with Gasteiger partial charge >= 0.3 is 0 Å². The zero-order valence-electron chi connectivity index (χ0n) is 10.8. The molecular formula is C16H11BrClNO. The Balaban J connectivity index is 2.52. The lowest BCUT2D eigenvalue weighted by molar-refractivity contribution is 0.102. The van der Waals surface area contributed by atoms with Gasteiger partial charge in [0.05, 0.1) is 15.9 Å². The number of ketones is 1. The maximum absolute atomic E-state index is 12.2. The van der Waals surface area contributed by atoms with Crippen molar-refractivity contribution in [3.05, 3.63) is 52.7 Å². The van der Waals surface area contributed by atoms with Gasteiger partial charge in [0.15, 0.2) is 5.78 Å². The van der Waals surface area contributed by atoms with Crippen LogP contribution in [0.3, 0.4) is 0 Å². The topological polar surface area (TPSA) is 30.0 Å². The molecule has 0 saturated carbocycles. The molecule has 0 unspecified atom stereocenters. The summed E-state index contributed by atoms with van der Waals surface area (Å²) in [6.07, 6.45) is 1.74. The molecule has 1 heterocycles. The first-order valence-electron chi connectivity index (χ1n) is 6.19. The maximum atomic E-state index is 12.2. The summed E-state index contributed by atoms with van der Waals surface area (Å²) in [6.45, 7) is 1.90. The number of hydrogen-bond acceptors (Lipinski definition) is 2. The number of Topliss-reactive ketones (excluding diaryl/α,β-unsaturated/α-hetero) is 1. The van der Waals surface area contributed by atoms with Gasteiger partial charge in [0.2, 0.25) is 0 Å². The number of hydrogen-bond donors (Lipinski definition) is 0. The van der Waals surface area contributed by atoms with Crippen molar-refractivity contribution < 1.29 is 4.79 Å². The van der Waals surface area contributed by atoms with E-state index in [-0.39, 0.29) is 5.78 Å². The molecule has 0 bridgehead atoms. The molecule has 3 rings (SSSR count). The van der Waals surface area contributed by atoms with Crippen LogP contribution < -0.4 is 0 Å². The second kappa shape index (κ2) is 5.15. The number of aromatic nitrogens is 1. The molecule has 2 aromatic carbocycles. The first-order chi connectivity index (χ1) is 9.63. The number of pyridine rings is 1. The molecular weight excluding hydrogens is 338 g/mol. The minimum atomic E-state index is 0.0568. The van der Waals surface area contributed by atoms with Gasteiger partial charge in [-0.25, -0.2) is 0 Å². The lowest BCUT2D eigenvalue weighted by atomic mass is 9.98. The van der Waals surface area contributed by atoms with Gasteiger partial charge in [-0.15, -0.1) is 0 Å². The molecule has 100 valence electrons. The van der Waals surface area contributed by atoms with Gasteiger partial charge in [-0.05, 0) is 23.9 Å². The summed E-state index contributed by atoms with van der Waals surface area (Å²) in [7, 11) is 0. The van der Waals surface area contributed by atoms with Crippen molar-refractivity contribution >= 4 is 55.0 Å². The smallest absolute Gasteiger partial charge is 0.174 e. The Labute approximate surface area is 129 Å². The first-order valence-corrected chi connectivity index (χ1v) is 7.69. The number of nitrogens with zero attached hydrogens (tertiary/aromatic N) is 1. The third kappa shape index (κ3) is 2.02. The summed E-state index contributed by atoms with van der Waals surface area (Å²) >= 11 is 9.55. The van der Waals surface area contributed by atoms with Gasteiger partial charge in [-0.2, -0.15) is 0 Å². The number of halogens is 2. The van der Waals surface area contributed by atoms with E-state index in [0.29, 0.717) is 15.9 Å². The Morgan fingerprint density at radius 2 is 2.10 bits per heavy atom. The van der Waals surface area contributed by atoms with Gasteiger partial charge in [-0.3, -0.25) is 9.78 Å². The molecule has 20 heavy (non-hydrogen) atoms. The number of fused-ring (bicyclic) bond motifs is 3. The van der Waals surface area contributed by atoms with Crippen molar-refractivity contribution in [2.45, 2.75) is 6.92 Å². The van der Waals surface area contributed by atoms with Crippen LogP contribution in [-0.4, -0.2) is 16.1 Å². The Morgan fingerprint density at radius 3 is 2.85 bits per heavy atom. The van der Waals surface area contributed by atoms with Gasteiger partial charge in [0.25, 0.3) is 0 Å². The van der Waals surface area contributed by atoms with E-state index in [9.17, 15) is 4.79 Å². The quantitative estimate of drug-likeness (QED) is 0.373. The van der Waals surface area contributed by atoms with E-state index in [4.69, 9.17) is 11.6 Å². The molecule has 3 aromatic rings. The van der Waals surface area contributed by atoms with Crippen LogP contribution in [0, 0.1) is 6.92 Å². The molecule has 2 nitrogen and oxygen atoms in total. The van der Waals surface area contributed by atoms with Crippen LogP contribution in [0.4, 0.5) is 0 Å². The van der Waals surface area contributed by atoms with Crippen LogP contribution in [-0.2, 0) is 0 Å². The second-order valence-corrected chi connectivity index (χ2v) is 5.64. The lowest BCUT2D eigenvalue weighted by Crippen LogP contribution is -2.05. The summed E-state index contributed by atoms with van der Waals surface area (Å²) < 4.78 is 0. The Kier molecular flexibility index (Phi) is 3.48. The summed E-state index contributed by atoms with van der Waals surface area (Å²) in [6, 6.07) is 9.68. The van der Waals surface area contributed by atoms with Crippen LogP contribution in [0.2, 0.25) is 5.02 Å². The Hall–Kier alpha value is -1.45. The van der Waals surface area contributed by atoms with E-state index in [0.717, 1.165) is 27.2 Å². The minimum absolute atomic E-state index is 0.0568. The fourth-order valence-corrected chi connectivity index (χ4v) is 3.08. The highest BCUT2D eigenvalue weighted by Crippen LogP contribution is 2.32.